The topological polar surface area (TPSA) is 98.5 Å². The Bertz CT molecular complexity index is 484. The minimum absolute atomic E-state index is 0.762. The highest BCUT2D eigenvalue weighted by molar-refractivity contribution is 6.30. The number of nitrogens with zero attached hydrogens (tertiary/aromatic N) is 2. The van der Waals surface area contributed by atoms with Crippen molar-refractivity contribution in [2.45, 2.75) is 0 Å². The fraction of sp³-hybridized carbons (Fsp3) is 0.308. The summed E-state index contributed by atoms with van der Waals surface area (Å²) < 4.78 is 36.0. The minimum atomic E-state index is -4.94. The van der Waals surface area contributed by atoms with E-state index in [1.165, 1.54) is 0 Å². The molecular weight excluding hydrogens is 319 g/mol. The zero-order valence-corrected chi connectivity index (χ0v) is 13.8. The van der Waals surface area contributed by atoms with Gasteiger partial charge in [0.15, 0.2) is 6.21 Å². The molecule has 0 aromatic heterocycles. The second-order valence-corrected chi connectivity index (χ2v) is 5.72. The standard InChI is InChI=1S/C13H18ClN2.ClHO4/c1-15(2)9-12(10-16(3)4)11-5-7-13(14)8-6-11;2-1(3,4)5/h5-10H,1-4H3;(H,2,3,4,5)/q+1;/p-1. The first kappa shape index (κ1) is 19.9. The fourth-order valence-corrected chi connectivity index (χ4v) is 1.51. The Morgan fingerprint density at radius 2 is 1.52 bits per heavy atom. The first-order valence-electron chi connectivity index (χ1n) is 5.76. The van der Waals surface area contributed by atoms with E-state index in [1.807, 2.05) is 61.9 Å². The second kappa shape index (κ2) is 8.99. The average molecular weight is 337 g/mol. The van der Waals surface area contributed by atoms with Crippen LogP contribution in [0.5, 0.6) is 0 Å². The van der Waals surface area contributed by atoms with Crippen LogP contribution in [0.4, 0.5) is 0 Å². The Morgan fingerprint density at radius 1 is 1.10 bits per heavy atom. The summed E-state index contributed by atoms with van der Waals surface area (Å²) in [6.45, 7) is 0. The fourth-order valence-electron chi connectivity index (χ4n) is 1.38. The highest BCUT2D eigenvalue weighted by Gasteiger charge is 2.03. The quantitative estimate of drug-likeness (QED) is 0.462. The average Bonchev–Trinajstić information content (AvgIpc) is 2.25. The SMILES string of the molecule is CN(C)/C=C(/C=[N+](C)C)c1ccc(Cl)cc1.[O-][Cl+3]([O-])([O-])[O-]. The maximum absolute atomic E-state index is 8.49. The minimum Gasteiger partial charge on any atom is -0.383 e. The summed E-state index contributed by atoms with van der Waals surface area (Å²) in [4.78, 5) is 2.03. The summed E-state index contributed by atoms with van der Waals surface area (Å²) in [5.41, 5.74) is 2.32. The molecule has 0 radical (unpaired) electrons. The predicted octanol–water partition coefficient (Wildman–Crippen LogP) is -2.17. The Morgan fingerprint density at radius 3 is 1.86 bits per heavy atom. The van der Waals surface area contributed by atoms with E-state index < -0.39 is 10.2 Å². The van der Waals surface area contributed by atoms with E-state index in [1.54, 1.807) is 0 Å². The number of hydrogen-bond donors (Lipinski definition) is 0. The normalized spacial score (nSPS) is 11.4. The van der Waals surface area contributed by atoms with Crippen LogP contribution in [0.15, 0.2) is 30.5 Å². The van der Waals surface area contributed by atoms with Crippen LogP contribution in [0, 0.1) is 10.2 Å². The molecule has 0 aliphatic carbocycles. The summed E-state index contributed by atoms with van der Waals surface area (Å²) in [6, 6.07) is 7.86. The van der Waals surface area contributed by atoms with Crippen molar-refractivity contribution in [1.29, 1.82) is 0 Å². The molecule has 1 aromatic rings. The molecule has 0 N–H and O–H groups in total. The van der Waals surface area contributed by atoms with Crippen LogP contribution in [0.1, 0.15) is 5.56 Å². The van der Waals surface area contributed by atoms with Crippen molar-refractivity contribution in [1.82, 2.24) is 4.90 Å². The highest BCUT2D eigenvalue weighted by atomic mass is 35.7. The molecule has 21 heavy (non-hydrogen) atoms. The molecule has 0 fully saturated rings. The third-order valence-electron chi connectivity index (χ3n) is 1.97. The molecule has 0 saturated carbocycles. The zero-order valence-electron chi connectivity index (χ0n) is 12.2. The number of rotatable bonds is 3. The molecule has 0 atom stereocenters. The van der Waals surface area contributed by atoms with Crippen LogP contribution < -0.4 is 18.6 Å². The van der Waals surface area contributed by atoms with Gasteiger partial charge in [-0.15, -0.1) is 10.2 Å². The Hall–Kier alpha value is -1.15. The summed E-state index contributed by atoms with van der Waals surface area (Å²) in [7, 11) is 3.11. The van der Waals surface area contributed by atoms with Crippen LogP contribution in [0.25, 0.3) is 5.57 Å². The van der Waals surface area contributed by atoms with Crippen LogP contribution in [0.2, 0.25) is 5.02 Å². The summed E-state index contributed by atoms with van der Waals surface area (Å²) in [6.07, 6.45) is 4.17. The van der Waals surface area contributed by atoms with Crippen LogP contribution in [0.3, 0.4) is 0 Å². The van der Waals surface area contributed by atoms with Gasteiger partial charge in [0, 0.05) is 25.3 Å². The summed E-state index contributed by atoms with van der Waals surface area (Å²) in [5, 5.41) is 0.762. The molecular formula is C13H18Cl2N2O4. The van der Waals surface area contributed by atoms with Gasteiger partial charge < -0.3 is 4.90 Å². The molecule has 0 bridgehead atoms. The first-order valence-corrected chi connectivity index (χ1v) is 7.37. The van der Waals surface area contributed by atoms with Gasteiger partial charge in [-0.05, 0) is 17.7 Å². The van der Waals surface area contributed by atoms with E-state index in [4.69, 9.17) is 30.2 Å². The van der Waals surface area contributed by atoms with Crippen molar-refractivity contribution in [3.63, 3.8) is 0 Å². The molecule has 8 heteroatoms. The van der Waals surface area contributed by atoms with Gasteiger partial charge in [-0.1, -0.05) is 23.7 Å². The largest absolute Gasteiger partial charge is 0.383 e. The lowest BCUT2D eigenvalue weighted by Gasteiger charge is -2.17. The van der Waals surface area contributed by atoms with Gasteiger partial charge in [-0.2, -0.15) is 0 Å². The monoisotopic (exact) mass is 336 g/mol. The molecule has 1 rings (SSSR count). The molecule has 0 heterocycles. The Balaban J connectivity index is 0.000000690. The molecule has 0 unspecified atom stereocenters. The molecule has 0 amide bonds. The molecule has 6 nitrogen and oxygen atoms in total. The van der Waals surface area contributed by atoms with Crippen LogP contribution in [-0.4, -0.2) is 43.9 Å². The Kier molecular flexibility index (Phi) is 8.50. The van der Waals surface area contributed by atoms with E-state index in [0.29, 0.717) is 0 Å². The molecule has 1 aromatic carbocycles. The predicted molar refractivity (Wildman–Crippen MR) is 71.3 cm³/mol. The van der Waals surface area contributed by atoms with Crippen molar-refractivity contribution in [2.24, 2.45) is 0 Å². The highest BCUT2D eigenvalue weighted by Crippen LogP contribution is 2.16. The lowest BCUT2D eigenvalue weighted by Crippen LogP contribution is -2.68. The maximum Gasteiger partial charge on any atom is 0.172 e. The van der Waals surface area contributed by atoms with Crippen LogP contribution >= 0.6 is 11.6 Å². The molecule has 0 spiro atoms. The lowest BCUT2D eigenvalue weighted by atomic mass is 10.1. The smallest absolute Gasteiger partial charge is 0.172 e. The summed E-state index contributed by atoms with van der Waals surface area (Å²) >= 11 is 5.88. The van der Waals surface area contributed by atoms with Gasteiger partial charge in [0.2, 0.25) is 0 Å². The third kappa shape index (κ3) is 12.3. The molecule has 0 saturated heterocycles. The first-order chi connectivity index (χ1) is 9.49. The van der Waals surface area contributed by atoms with E-state index in [9.17, 15) is 0 Å². The number of benzene rings is 1. The van der Waals surface area contributed by atoms with E-state index in [2.05, 4.69) is 12.4 Å². The van der Waals surface area contributed by atoms with Crippen molar-refractivity contribution >= 4 is 23.4 Å². The summed E-state index contributed by atoms with van der Waals surface area (Å²) in [5.74, 6) is 0. The van der Waals surface area contributed by atoms with E-state index in [0.717, 1.165) is 16.2 Å². The van der Waals surface area contributed by atoms with Gasteiger partial charge in [0.1, 0.15) is 14.1 Å². The van der Waals surface area contributed by atoms with E-state index >= 15 is 0 Å². The zero-order chi connectivity index (χ0) is 16.6. The Labute approximate surface area is 131 Å². The van der Waals surface area contributed by atoms with Crippen molar-refractivity contribution < 1.29 is 33.5 Å². The number of halogens is 2. The van der Waals surface area contributed by atoms with Gasteiger partial charge >= 0.3 is 0 Å². The van der Waals surface area contributed by atoms with E-state index in [-0.39, 0.29) is 0 Å². The van der Waals surface area contributed by atoms with Crippen molar-refractivity contribution in [3.8, 4) is 0 Å². The van der Waals surface area contributed by atoms with Gasteiger partial charge in [-0.3, -0.25) is 0 Å². The van der Waals surface area contributed by atoms with Crippen LogP contribution in [-0.2, 0) is 0 Å². The molecule has 118 valence electrons. The van der Waals surface area contributed by atoms with Crippen molar-refractivity contribution in [2.75, 3.05) is 28.2 Å². The van der Waals surface area contributed by atoms with Gasteiger partial charge in [0.25, 0.3) is 0 Å². The van der Waals surface area contributed by atoms with Gasteiger partial charge in [-0.25, -0.2) is 23.2 Å². The number of allylic oxidation sites excluding steroid dienone is 1. The second-order valence-electron chi connectivity index (χ2n) is 4.53. The number of hydrogen-bond acceptors (Lipinski definition) is 5. The maximum atomic E-state index is 8.49. The van der Waals surface area contributed by atoms with Crippen molar-refractivity contribution in [3.05, 3.63) is 41.1 Å². The molecule has 0 aliphatic heterocycles. The molecule has 0 aliphatic rings. The lowest BCUT2D eigenvalue weighted by molar-refractivity contribution is -2.00. The third-order valence-corrected chi connectivity index (χ3v) is 2.22. The van der Waals surface area contributed by atoms with Gasteiger partial charge in [0.05, 0.1) is 5.57 Å².